The summed E-state index contributed by atoms with van der Waals surface area (Å²) >= 11 is 0. The van der Waals surface area contributed by atoms with Crippen LogP contribution in [0.1, 0.15) is 39.5 Å². The molecule has 0 saturated carbocycles. The van der Waals surface area contributed by atoms with Crippen LogP contribution >= 0.6 is 0 Å². The first-order valence-electron chi connectivity index (χ1n) is 7.55. The number of aliphatic carboxylic acids is 1. The Morgan fingerprint density at radius 3 is 2.86 bits per heavy atom. The van der Waals surface area contributed by atoms with Crippen molar-refractivity contribution in [2.45, 2.75) is 52.1 Å². The quantitative estimate of drug-likeness (QED) is 0.915. The minimum Gasteiger partial charge on any atom is -0.480 e. The van der Waals surface area contributed by atoms with E-state index in [-0.39, 0.29) is 11.4 Å². The van der Waals surface area contributed by atoms with E-state index in [1.807, 2.05) is 13.8 Å². The average molecular weight is 293 g/mol. The summed E-state index contributed by atoms with van der Waals surface area (Å²) in [5, 5.41) is 9.42. The van der Waals surface area contributed by atoms with Crippen LogP contribution in [0.4, 0.5) is 5.82 Å². The van der Waals surface area contributed by atoms with Gasteiger partial charge in [-0.15, -0.1) is 0 Å². The van der Waals surface area contributed by atoms with Gasteiger partial charge < -0.3 is 14.6 Å². The maximum absolute atomic E-state index is 12.5. The van der Waals surface area contributed by atoms with Gasteiger partial charge in [-0.25, -0.2) is 9.78 Å². The Morgan fingerprint density at radius 2 is 2.19 bits per heavy atom. The molecule has 21 heavy (non-hydrogen) atoms. The summed E-state index contributed by atoms with van der Waals surface area (Å²) in [6.07, 6.45) is 6.58. The fraction of sp³-hybridized carbons (Fsp3) is 0.667. The third-order valence-corrected chi connectivity index (χ3v) is 3.77. The Balaban J connectivity index is 2.38. The van der Waals surface area contributed by atoms with Gasteiger partial charge in [-0.05, 0) is 18.8 Å². The number of carboxylic acids is 1. The van der Waals surface area contributed by atoms with Crippen LogP contribution in [0, 0.1) is 5.92 Å². The van der Waals surface area contributed by atoms with Gasteiger partial charge in [0.25, 0.3) is 5.56 Å². The summed E-state index contributed by atoms with van der Waals surface area (Å²) in [6, 6.07) is -0.650. The number of rotatable bonds is 4. The van der Waals surface area contributed by atoms with E-state index < -0.39 is 12.0 Å². The van der Waals surface area contributed by atoms with Crippen LogP contribution in [0.25, 0.3) is 0 Å². The molecular weight excluding hydrogens is 270 g/mol. The van der Waals surface area contributed by atoms with Crippen molar-refractivity contribution >= 4 is 11.8 Å². The van der Waals surface area contributed by atoms with Gasteiger partial charge in [0.15, 0.2) is 5.82 Å². The molecule has 1 saturated heterocycles. The Kier molecular flexibility index (Phi) is 4.98. The number of anilines is 1. The smallest absolute Gasteiger partial charge is 0.326 e. The molecule has 1 aliphatic rings. The van der Waals surface area contributed by atoms with Crippen molar-refractivity contribution in [2.24, 2.45) is 5.92 Å². The third kappa shape index (κ3) is 3.62. The van der Waals surface area contributed by atoms with Gasteiger partial charge in [0.05, 0.1) is 0 Å². The van der Waals surface area contributed by atoms with E-state index in [0.717, 1.165) is 19.3 Å². The molecule has 6 nitrogen and oxygen atoms in total. The Morgan fingerprint density at radius 1 is 1.43 bits per heavy atom. The molecule has 1 aromatic rings. The summed E-state index contributed by atoms with van der Waals surface area (Å²) in [5.74, 6) is -0.262. The van der Waals surface area contributed by atoms with Crippen LogP contribution in [0.5, 0.6) is 0 Å². The van der Waals surface area contributed by atoms with Gasteiger partial charge >= 0.3 is 5.97 Å². The maximum Gasteiger partial charge on any atom is 0.326 e. The second-order valence-corrected chi connectivity index (χ2v) is 6.00. The number of carboxylic acid groups (broad SMARTS) is 1. The first-order valence-corrected chi connectivity index (χ1v) is 7.55. The lowest BCUT2D eigenvalue weighted by atomic mass is 10.1. The largest absolute Gasteiger partial charge is 0.480 e. The highest BCUT2D eigenvalue weighted by atomic mass is 16.4. The lowest BCUT2D eigenvalue weighted by Gasteiger charge is -2.27. The molecule has 1 aromatic heterocycles. The zero-order valence-electron chi connectivity index (χ0n) is 12.7. The second kappa shape index (κ2) is 6.74. The Bertz CT molecular complexity index is 553. The lowest BCUT2D eigenvalue weighted by Crippen LogP contribution is -2.45. The first kappa shape index (κ1) is 15.5. The number of nitrogens with zero attached hydrogens (tertiary/aromatic N) is 3. The highest BCUT2D eigenvalue weighted by Crippen LogP contribution is 2.20. The molecule has 0 amide bonds. The summed E-state index contributed by atoms with van der Waals surface area (Å²) in [5.41, 5.74) is -0.195. The van der Waals surface area contributed by atoms with E-state index in [0.29, 0.717) is 25.4 Å². The molecule has 0 spiro atoms. The van der Waals surface area contributed by atoms with E-state index in [4.69, 9.17) is 0 Å². The summed E-state index contributed by atoms with van der Waals surface area (Å²) in [6.45, 7) is 5.27. The van der Waals surface area contributed by atoms with Crippen LogP contribution in [0.3, 0.4) is 0 Å². The predicted molar refractivity (Wildman–Crippen MR) is 80.6 cm³/mol. The maximum atomic E-state index is 12.5. The zero-order valence-corrected chi connectivity index (χ0v) is 12.7. The van der Waals surface area contributed by atoms with Crippen LogP contribution < -0.4 is 10.5 Å². The molecular formula is C15H23N3O3. The zero-order chi connectivity index (χ0) is 15.4. The minimum atomic E-state index is -0.877. The van der Waals surface area contributed by atoms with E-state index in [1.54, 1.807) is 21.9 Å². The Hall–Kier alpha value is -1.85. The highest BCUT2D eigenvalue weighted by molar-refractivity contribution is 5.77. The number of carbonyl (C=O) groups is 1. The SMILES string of the molecule is CC(C)Cn1ccnc(N2CCCCCC2C(=O)O)c1=O. The fourth-order valence-electron chi connectivity index (χ4n) is 2.79. The van der Waals surface area contributed by atoms with Crippen molar-refractivity contribution in [1.29, 1.82) is 0 Å². The van der Waals surface area contributed by atoms with Crippen molar-refractivity contribution in [3.05, 3.63) is 22.7 Å². The van der Waals surface area contributed by atoms with Crippen molar-refractivity contribution in [3.63, 3.8) is 0 Å². The van der Waals surface area contributed by atoms with Crippen molar-refractivity contribution in [3.8, 4) is 0 Å². The molecule has 6 heteroatoms. The van der Waals surface area contributed by atoms with Crippen molar-refractivity contribution in [1.82, 2.24) is 9.55 Å². The van der Waals surface area contributed by atoms with Gasteiger partial charge in [-0.3, -0.25) is 4.79 Å². The molecule has 1 unspecified atom stereocenters. The lowest BCUT2D eigenvalue weighted by molar-refractivity contribution is -0.138. The molecule has 2 heterocycles. The molecule has 1 fully saturated rings. The van der Waals surface area contributed by atoms with Gasteiger partial charge in [0, 0.05) is 25.5 Å². The predicted octanol–water partition coefficient (Wildman–Crippen LogP) is 1.73. The van der Waals surface area contributed by atoms with E-state index in [9.17, 15) is 14.7 Å². The van der Waals surface area contributed by atoms with E-state index in [2.05, 4.69) is 4.98 Å². The topological polar surface area (TPSA) is 75.4 Å². The molecule has 0 aromatic carbocycles. The number of hydrogen-bond donors (Lipinski definition) is 1. The van der Waals surface area contributed by atoms with Crippen LogP contribution in [-0.2, 0) is 11.3 Å². The van der Waals surface area contributed by atoms with E-state index in [1.165, 1.54) is 0 Å². The molecule has 116 valence electrons. The van der Waals surface area contributed by atoms with Gasteiger partial charge in [-0.1, -0.05) is 26.7 Å². The third-order valence-electron chi connectivity index (χ3n) is 3.77. The molecule has 2 rings (SSSR count). The molecule has 1 N–H and O–H groups in total. The summed E-state index contributed by atoms with van der Waals surface area (Å²) in [7, 11) is 0. The average Bonchev–Trinajstić information content (AvgIpc) is 2.66. The molecule has 0 aliphatic carbocycles. The van der Waals surface area contributed by atoms with Gasteiger partial charge in [0.1, 0.15) is 6.04 Å². The monoisotopic (exact) mass is 293 g/mol. The normalized spacial score (nSPS) is 19.6. The fourth-order valence-corrected chi connectivity index (χ4v) is 2.79. The highest BCUT2D eigenvalue weighted by Gasteiger charge is 2.30. The minimum absolute atomic E-state index is 0.195. The van der Waals surface area contributed by atoms with Crippen molar-refractivity contribution < 1.29 is 9.90 Å². The standard InChI is InChI=1S/C15H23N3O3/c1-11(2)10-17-9-7-16-13(14(17)19)18-8-5-3-4-6-12(18)15(20)21/h7,9,11-12H,3-6,8,10H2,1-2H3,(H,20,21). The van der Waals surface area contributed by atoms with Gasteiger partial charge in [-0.2, -0.15) is 0 Å². The first-order chi connectivity index (χ1) is 10.0. The summed E-state index contributed by atoms with van der Waals surface area (Å²) < 4.78 is 1.62. The van der Waals surface area contributed by atoms with Gasteiger partial charge in [0.2, 0.25) is 0 Å². The van der Waals surface area contributed by atoms with E-state index >= 15 is 0 Å². The molecule has 1 aliphatic heterocycles. The molecule has 0 radical (unpaired) electrons. The molecule has 0 bridgehead atoms. The summed E-state index contributed by atoms with van der Waals surface area (Å²) in [4.78, 5) is 29.9. The number of hydrogen-bond acceptors (Lipinski definition) is 4. The van der Waals surface area contributed by atoms with Crippen LogP contribution in [0.15, 0.2) is 17.2 Å². The van der Waals surface area contributed by atoms with Crippen LogP contribution in [-0.4, -0.2) is 33.2 Å². The second-order valence-electron chi connectivity index (χ2n) is 6.00. The molecule has 1 atom stereocenters. The number of aromatic nitrogens is 2. The Labute approximate surface area is 124 Å². The van der Waals surface area contributed by atoms with Crippen molar-refractivity contribution in [2.75, 3.05) is 11.4 Å². The van der Waals surface area contributed by atoms with Crippen LogP contribution in [0.2, 0.25) is 0 Å².